The van der Waals surface area contributed by atoms with E-state index in [1.54, 1.807) is 30.3 Å². The molecule has 0 heterocycles. The first-order valence-electron chi connectivity index (χ1n) is 7.06. The third-order valence-electron chi connectivity index (χ3n) is 3.07. The van der Waals surface area contributed by atoms with Crippen molar-refractivity contribution in [2.24, 2.45) is 11.7 Å². The zero-order valence-corrected chi connectivity index (χ0v) is 13.8. The smallest absolute Gasteiger partial charge is 0.320 e. The summed E-state index contributed by atoms with van der Waals surface area (Å²) in [7, 11) is -4.13. The van der Waals surface area contributed by atoms with Crippen LogP contribution < -0.4 is 5.73 Å². The van der Waals surface area contributed by atoms with Crippen molar-refractivity contribution in [3.05, 3.63) is 42.5 Å². The quantitative estimate of drug-likeness (QED) is 0.737. The Balaban J connectivity index is 0.000000257. The lowest BCUT2D eigenvalue weighted by Gasteiger charge is -2.07. The summed E-state index contributed by atoms with van der Waals surface area (Å²) in [5.74, 6) is -0.556. The van der Waals surface area contributed by atoms with Crippen LogP contribution in [-0.2, 0) is 14.9 Å². The Morgan fingerprint density at radius 2 is 1.70 bits per heavy atom. The molecule has 0 radical (unpaired) electrons. The van der Waals surface area contributed by atoms with Crippen molar-refractivity contribution in [1.29, 1.82) is 0 Å². The number of carboxylic acids is 1. The molecule has 2 rings (SSSR count). The summed E-state index contributed by atoms with van der Waals surface area (Å²) in [6, 6.07) is 11.1. The van der Waals surface area contributed by atoms with Crippen molar-refractivity contribution < 1.29 is 22.9 Å². The molecule has 0 unspecified atom stereocenters. The standard InChI is InChI=1S/C10H8O3S.C6H13NO2/c11-14(12,13)10-7-3-5-8-4-1-2-6-9(8)10;1-4(2)3-5(7)6(8)9/h1-7H,(H,11,12,13);4-5H,3,7H2,1-2H3,(H,8,9)/t;5-/m.0/s1. The van der Waals surface area contributed by atoms with Crippen LogP contribution in [0.5, 0.6) is 0 Å². The molecule has 1 atom stereocenters. The van der Waals surface area contributed by atoms with Crippen molar-refractivity contribution in [1.82, 2.24) is 0 Å². The minimum absolute atomic E-state index is 0.0457. The molecule has 0 aliphatic carbocycles. The SMILES string of the molecule is CC(C)C[C@H](N)C(=O)O.O=S(=O)(O)c1cccc2ccccc12. The van der Waals surface area contributed by atoms with E-state index in [-0.39, 0.29) is 4.90 Å². The highest BCUT2D eigenvalue weighted by atomic mass is 32.2. The number of carboxylic acid groups (broad SMARTS) is 1. The van der Waals surface area contributed by atoms with E-state index in [1.807, 2.05) is 19.9 Å². The Kier molecular flexibility index (Phi) is 6.68. The molecule has 0 amide bonds. The molecular formula is C16H21NO5S. The van der Waals surface area contributed by atoms with Gasteiger partial charge < -0.3 is 10.8 Å². The first-order chi connectivity index (χ1) is 10.6. The molecule has 0 fully saturated rings. The topological polar surface area (TPSA) is 118 Å². The fourth-order valence-corrected chi connectivity index (χ4v) is 2.74. The second-order valence-electron chi connectivity index (χ2n) is 5.53. The van der Waals surface area contributed by atoms with Crippen LogP contribution in [0.1, 0.15) is 20.3 Å². The van der Waals surface area contributed by atoms with Gasteiger partial charge in [-0.15, -0.1) is 0 Å². The monoisotopic (exact) mass is 339 g/mol. The fourth-order valence-electron chi connectivity index (χ4n) is 2.03. The van der Waals surface area contributed by atoms with Crippen LogP contribution in [0.3, 0.4) is 0 Å². The molecular weight excluding hydrogens is 318 g/mol. The summed E-state index contributed by atoms with van der Waals surface area (Å²) in [6.07, 6.45) is 0.551. The van der Waals surface area contributed by atoms with Crippen molar-refractivity contribution in [2.75, 3.05) is 0 Å². The Morgan fingerprint density at radius 3 is 2.17 bits per heavy atom. The van der Waals surface area contributed by atoms with Gasteiger partial charge in [0.15, 0.2) is 0 Å². The van der Waals surface area contributed by atoms with Crippen LogP contribution >= 0.6 is 0 Å². The van der Waals surface area contributed by atoms with Crippen LogP contribution in [0.25, 0.3) is 10.8 Å². The number of nitrogens with two attached hydrogens (primary N) is 1. The molecule has 0 spiro atoms. The second kappa shape index (κ2) is 8.05. The average molecular weight is 339 g/mol. The zero-order chi connectivity index (χ0) is 17.6. The number of rotatable bonds is 4. The maximum absolute atomic E-state index is 11.0. The molecule has 4 N–H and O–H groups in total. The minimum Gasteiger partial charge on any atom is -0.480 e. The zero-order valence-electron chi connectivity index (χ0n) is 13.0. The normalized spacial score (nSPS) is 12.6. The number of fused-ring (bicyclic) bond motifs is 1. The Hall–Kier alpha value is -1.96. The van der Waals surface area contributed by atoms with Crippen molar-refractivity contribution >= 4 is 26.9 Å². The molecule has 0 aliphatic heterocycles. The van der Waals surface area contributed by atoms with Gasteiger partial charge in [0.05, 0.1) is 0 Å². The van der Waals surface area contributed by atoms with E-state index in [4.69, 9.17) is 15.4 Å². The summed E-state index contributed by atoms with van der Waals surface area (Å²) in [6.45, 7) is 3.89. The van der Waals surface area contributed by atoms with E-state index in [0.29, 0.717) is 17.7 Å². The lowest BCUT2D eigenvalue weighted by atomic mass is 10.1. The van der Waals surface area contributed by atoms with Gasteiger partial charge >= 0.3 is 5.97 Å². The minimum atomic E-state index is -4.13. The van der Waals surface area contributed by atoms with Crippen LogP contribution in [0.4, 0.5) is 0 Å². The summed E-state index contributed by atoms with van der Waals surface area (Å²) >= 11 is 0. The number of hydrogen-bond donors (Lipinski definition) is 3. The molecule has 0 saturated heterocycles. The van der Waals surface area contributed by atoms with Gasteiger partial charge in [-0.25, -0.2) is 0 Å². The largest absolute Gasteiger partial charge is 0.480 e. The first-order valence-corrected chi connectivity index (χ1v) is 8.50. The molecule has 23 heavy (non-hydrogen) atoms. The lowest BCUT2D eigenvalue weighted by molar-refractivity contribution is -0.138. The van der Waals surface area contributed by atoms with Gasteiger partial charge in [0.1, 0.15) is 10.9 Å². The molecule has 0 bridgehead atoms. The van der Waals surface area contributed by atoms with E-state index in [1.165, 1.54) is 6.07 Å². The Labute approximate surface area is 135 Å². The number of aliphatic carboxylic acids is 1. The van der Waals surface area contributed by atoms with E-state index in [9.17, 15) is 13.2 Å². The van der Waals surface area contributed by atoms with Crippen molar-refractivity contribution in [3.8, 4) is 0 Å². The predicted octanol–water partition coefficient (Wildman–Crippen LogP) is 2.53. The van der Waals surface area contributed by atoms with Crippen molar-refractivity contribution in [2.45, 2.75) is 31.2 Å². The Bertz CT molecular complexity index is 766. The fraction of sp³-hybridized carbons (Fsp3) is 0.312. The van der Waals surface area contributed by atoms with Gasteiger partial charge in [0.2, 0.25) is 0 Å². The predicted molar refractivity (Wildman–Crippen MR) is 88.8 cm³/mol. The number of hydrogen-bond acceptors (Lipinski definition) is 4. The average Bonchev–Trinajstić information content (AvgIpc) is 2.45. The lowest BCUT2D eigenvalue weighted by Crippen LogP contribution is -2.31. The van der Waals surface area contributed by atoms with Crippen molar-refractivity contribution in [3.63, 3.8) is 0 Å². The summed E-state index contributed by atoms with van der Waals surface area (Å²) in [5.41, 5.74) is 5.22. The summed E-state index contributed by atoms with van der Waals surface area (Å²) in [5, 5.41) is 9.64. The van der Waals surface area contributed by atoms with Gasteiger partial charge in [0.25, 0.3) is 10.1 Å². The summed E-state index contributed by atoms with van der Waals surface area (Å²) < 4.78 is 31.0. The maximum Gasteiger partial charge on any atom is 0.320 e. The van der Waals surface area contributed by atoms with Gasteiger partial charge in [-0.1, -0.05) is 50.2 Å². The molecule has 0 aliphatic rings. The van der Waals surface area contributed by atoms with Crippen LogP contribution in [0.2, 0.25) is 0 Å². The second-order valence-corrected chi connectivity index (χ2v) is 6.92. The highest BCUT2D eigenvalue weighted by molar-refractivity contribution is 7.86. The molecule has 2 aromatic carbocycles. The van der Waals surface area contributed by atoms with Crippen LogP contribution in [-0.4, -0.2) is 30.1 Å². The van der Waals surface area contributed by atoms with E-state index < -0.39 is 22.1 Å². The third-order valence-corrected chi connectivity index (χ3v) is 3.98. The first kappa shape index (κ1) is 19.1. The highest BCUT2D eigenvalue weighted by Gasteiger charge is 2.12. The van der Waals surface area contributed by atoms with E-state index >= 15 is 0 Å². The van der Waals surface area contributed by atoms with E-state index in [2.05, 4.69) is 0 Å². The Morgan fingerprint density at radius 1 is 1.13 bits per heavy atom. The van der Waals surface area contributed by atoms with Gasteiger partial charge in [-0.3, -0.25) is 9.35 Å². The number of carbonyl (C=O) groups is 1. The molecule has 6 nitrogen and oxygen atoms in total. The summed E-state index contributed by atoms with van der Waals surface area (Å²) in [4.78, 5) is 10.1. The number of benzene rings is 2. The van der Waals surface area contributed by atoms with E-state index in [0.717, 1.165) is 5.39 Å². The highest BCUT2D eigenvalue weighted by Crippen LogP contribution is 2.21. The molecule has 2 aromatic rings. The van der Waals surface area contributed by atoms with Crippen LogP contribution in [0.15, 0.2) is 47.4 Å². The molecule has 126 valence electrons. The molecule has 0 aromatic heterocycles. The third kappa shape index (κ3) is 5.97. The molecule has 0 saturated carbocycles. The van der Waals surface area contributed by atoms with Gasteiger partial charge in [-0.05, 0) is 23.8 Å². The maximum atomic E-state index is 11.0. The van der Waals surface area contributed by atoms with Gasteiger partial charge in [0, 0.05) is 5.39 Å². The van der Waals surface area contributed by atoms with Gasteiger partial charge in [-0.2, -0.15) is 8.42 Å². The van der Waals surface area contributed by atoms with Crippen LogP contribution in [0, 0.1) is 5.92 Å². The molecule has 7 heteroatoms.